The molecule has 2 aromatic rings. The fraction of sp³-hybridized carbons (Fsp3) is 0.571. The monoisotopic (exact) mass is 352 g/mol. The average Bonchev–Trinajstić information content (AvgIpc) is 3.48. The predicted molar refractivity (Wildman–Crippen MR) is 103 cm³/mol. The van der Waals surface area contributed by atoms with Crippen LogP contribution in [0.15, 0.2) is 30.5 Å². The minimum absolute atomic E-state index is 0.0384. The van der Waals surface area contributed by atoms with E-state index in [2.05, 4.69) is 28.7 Å². The molecule has 138 valence electrons. The fourth-order valence-corrected chi connectivity index (χ4v) is 3.97. The van der Waals surface area contributed by atoms with E-state index in [1.165, 1.54) is 19.4 Å². The number of hydrogen-bond acceptors (Lipinski definition) is 4. The number of fused-ring (bicyclic) bond motifs is 1. The van der Waals surface area contributed by atoms with Crippen LogP contribution in [0.1, 0.15) is 43.6 Å². The molecule has 0 aromatic carbocycles. The molecule has 5 nitrogen and oxygen atoms in total. The molecule has 0 radical (unpaired) electrons. The zero-order chi connectivity index (χ0) is 18.1. The van der Waals surface area contributed by atoms with E-state index in [4.69, 9.17) is 0 Å². The molecule has 2 fully saturated rings. The maximum atomic E-state index is 13.1. The minimum Gasteiger partial charge on any atom is -0.336 e. The van der Waals surface area contributed by atoms with Crippen molar-refractivity contribution in [3.05, 3.63) is 36.2 Å². The lowest BCUT2D eigenvalue weighted by atomic mass is 10.0. The van der Waals surface area contributed by atoms with Crippen LogP contribution in [-0.2, 0) is 0 Å². The van der Waals surface area contributed by atoms with Gasteiger partial charge in [-0.05, 0) is 55.4 Å². The number of carbonyl (C=O) groups excluding carboxylic acids is 1. The molecule has 1 saturated heterocycles. The van der Waals surface area contributed by atoms with Crippen molar-refractivity contribution in [2.24, 2.45) is 11.8 Å². The van der Waals surface area contributed by atoms with E-state index in [-0.39, 0.29) is 5.91 Å². The molecule has 0 spiro atoms. The molecule has 1 amide bonds. The second kappa shape index (κ2) is 7.31. The number of pyridine rings is 2. The predicted octanol–water partition coefficient (Wildman–Crippen LogP) is 3.21. The van der Waals surface area contributed by atoms with Gasteiger partial charge in [-0.2, -0.15) is 0 Å². The van der Waals surface area contributed by atoms with Crippen LogP contribution in [0.5, 0.6) is 0 Å². The number of nitrogens with zero attached hydrogens (tertiary/aromatic N) is 4. The highest BCUT2D eigenvalue weighted by molar-refractivity contribution is 5.94. The maximum absolute atomic E-state index is 13.1. The van der Waals surface area contributed by atoms with E-state index in [1.807, 2.05) is 29.2 Å². The molecule has 2 aliphatic rings. The van der Waals surface area contributed by atoms with Gasteiger partial charge in [-0.15, -0.1) is 0 Å². The van der Waals surface area contributed by atoms with Crippen LogP contribution in [0, 0.1) is 11.8 Å². The molecule has 1 atom stereocenters. The van der Waals surface area contributed by atoms with E-state index < -0.39 is 0 Å². The molecule has 2 aromatic heterocycles. The Balaban J connectivity index is 1.54. The van der Waals surface area contributed by atoms with E-state index in [0.29, 0.717) is 23.3 Å². The van der Waals surface area contributed by atoms with Gasteiger partial charge in [0.1, 0.15) is 5.69 Å². The van der Waals surface area contributed by atoms with Crippen molar-refractivity contribution in [1.29, 1.82) is 0 Å². The second-order valence-electron chi connectivity index (χ2n) is 8.10. The van der Waals surface area contributed by atoms with E-state index in [9.17, 15) is 4.79 Å². The Morgan fingerprint density at radius 3 is 2.85 bits per heavy atom. The second-order valence-corrected chi connectivity index (χ2v) is 8.10. The largest absolute Gasteiger partial charge is 0.336 e. The molecule has 5 heteroatoms. The summed E-state index contributed by atoms with van der Waals surface area (Å²) in [6.07, 6.45) is 5.50. The Morgan fingerprint density at radius 1 is 1.23 bits per heavy atom. The summed E-state index contributed by atoms with van der Waals surface area (Å²) < 4.78 is 0. The molecule has 1 aliphatic heterocycles. The third-order valence-electron chi connectivity index (χ3n) is 5.68. The van der Waals surface area contributed by atoms with Crippen LogP contribution in [0.4, 0.5) is 0 Å². The van der Waals surface area contributed by atoms with Gasteiger partial charge in [0.25, 0.3) is 5.91 Å². The molecule has 1 aliphatic carbocycles. The number of aromatic nitrogens is 2. The smallest absolute Gasteiger partial charge is 0.272 e. The van der Waals surface area contributed by atoms with Crippen LogP contribution in [0.3, 0.4) is 0 Å². The average molecular weight is 352 g/mol. The number of hydrogen-bond donors (Lipinski definition) is 0. The number of amides is 1. The first kappa shape index (κ1) is 17.4. The van der Waals surface area contributed by atoms with Gasteiger partial charge in [0.2, 0.25) is 0 Å². The van der Waals surface area contributed by atoms with Crippen molar-refractivity contribution in [3.63, 3.8) is 0 Å². The highest BCUT2D eigenvalue weighted by atomic mass is 16.2. The summed E-state index contributed by atoms with van der Waals surface area (Å²) in [4.78, 5) is 26.6. The highest BCUT2D eigenvalue weighted by Crippen LogP contribution is 2.32. The third kappa shape index (κ3) is 3.73. The topological polar surface area (TPSA) is 49.3 Å². The van der Waals surface area contributed by atoms with Crippen LogP contribution in [0.2, 0.25) is 0 Å². The van der Waals surface area contributed by atoms with E-state index in [1.54, 1.807) is 6.20 Å². The van der Waals surface area contributed by atoms with Gasteiger partial charge < -0.3 is 4.90 Å². The van der Waals surface area contributed by atoms with Crippen LogP contribution < -0.4 is 0 Å². The van der Waals surface area contributed by atoms with Gasteiger partial charge >= 0.3 is 0 Å². The first-order chi connectivity index (χ1) is 12.6. The zero-order valence-electron chi connectivity index (χ0n) is 15.8. The van der Waals surface area contributed by atoms with Crippen molar-refractivity contribution in [2.75, 3.05) is 26.2 Å². The Morgan fingerprint density at radius 2 is 2.08 bits per heavy atom. The molecule has 4 rings (SSSR count). The summed E-state index contributed by atoms with van der Waals surface area (Å²) in [5, 5.41) is 0.968. The Labute approximate surface area is 155 Å². The maximum Gasteiger partial charge on any atom is 0.272 e. The van der Waals surface area contributed by atoms with E-state index >= 15 is 0 Å². The molecular weight excluding hydrogens is 324 g/mol. The number of rotatable bonds is 4. The lowest BCUT2D eigenvalue weighted by Crippen LogP contribution is -2.46. The van der Waals surface area contributed by atoms with Crippen molar-refractivity contribution >= 4 is 16.9 Å². The Bertz CT molecular complexity index is 786. The van der Waals surface area contributed by atoms with Gasteiger partial charge in [-0.25, -0.2) is 9.97 Å². The van der Waals surface area contributed by atoms with Crippen molar-refractivity contribution < 1.29 is 4.79 Å². The molecule has 26 heavy (non-hydrogen) atoms. The van der Waals surface area contributed by atoms with Crippen molar-refractivity contribution in [1.82, 2.24) is 19.8 Å². The normalized spacial score (nSPS) is 22.0. The summed E-state index contributed by atoms with van der Waals surface area (Å²) in [5.74, 6) is 1.46. The molecular formula is C21H28N4O. The minimum atomic E-state index is 0.0384. The first-order valence-corrected chi connectivity index (χ1v) is 9.87. The Hall–Kier alpha value is -2.01. The zero-order valence-corrected chi connectivity index (χ0v) is 15.8. The van der Waals surface area contributed by atoms with Crippen LogP contribution in [-0.4, -0.2) is 57.9 Å². The lowest BCUT2D eigenvalue weighted by Gasteiger charge is -2.34. The third-order valence-corrected chi connectivity index (χ3v) is 5.68. The molecule has 0 N–H and O–H groups in total. The highest BCUT2D eigenvalue weighted by Gasteiger charge is 2.33. The lowest BCUT2D eigenvalue weighted by molar-refractivity contribution is 0.0699. The quantitative estimate of drug-likeness (QED) is 0.848. The van der Waals surface area contributed by atoms with Gasteiger partial charge in [-0.3, -0.25) is 9.69 Å². The summed E-state index contributed by atoms with van der Waals surface area (Å²) in [7, 11) is 0. The van der Waals surface area contributed by atoms with Gasteiger partial charge in [0.15, 0.2) is 5.65 Å². The standard InChI is InChI=1S/C21H28N4O/c1-15(2)19-14-25(12-4-11-24(19)13-16-6-7-16)21(26)18-9-8-17-5-3-10-22-20(17)23-18/h3,5,8-10,15-16,19H,4,6-7,11-14H2,1-2H3/t19-/m1/s1. The van der Waals surface area contributed by atoms with Gasteiger partial charge in [-0.1, -0.05) is 13.8 Å². The number of carbonyl (C=O) groups is 1. The summed E-state index contributed by atoms with van der Waals surface area (Å²) in [6, 6.07) is 8.08. The first-order valence-electron chi connectivity index (χ1n) is 9.87. The van der Waals surface area contributed by atoms with Gasteiger partial charge in [0.05, 0.1) is 0 Å². The summed E-state index contributed by atoms with van der Waals surface area (Å²) in [5.41, 5.74) is 1.15. The van der Waals surface area contributed by atoms with E-state index in [0.717, 1.165) is 37.4 Å². The van der Waals surface area contributed by atoms with Crippen molar-refractivity contribution in [3.8, 4) is 0 Å². The van der Waals surface area contributed by atoms with Crippen molar-refractivity contribution in [2.45, 2.75) is 39.2 Å². The molecule has 3 heterocycles. The Kier molecular flexibility index (Phi) is 4.90. The SMILES string of the molecule is CC(C)[C@H]1CN(C(=O)c2ccc3cccnc3n2)CCCN1CC1CC1. The molecule has 0 bridgehead atoms. The van der Waals surface area contributed by atoms with Crippen LogP contribution >= 0.6 is 0 Å². The van der Waals surface area contributed by atoms with Gasteiger partial charge in [0, 0.05) is 43.8 Å². The summed E-state index contributed by atoms with van der Waals surface area (Å²) >= 11 is 0. The van der Waals surface area contributed by atoms with Crippen LogP contribution in [0.25, 0.3) is 11.0 Å². The fourth-order valence-electron chi connectivity index (χ4n) is 3.97. The molecule has 1 saturated carbocycles. The molecule has 0 unspecified atom stereocenters. The summed E-state index contributed by atoms with van der Waals surface area (Å²) in [6.45, 7) is 8.45.